The zero-order chi connectivity index (χ0) is 15.4. The Morgan fingerprint density at radius 2 is 2.05 bits per heavy atom. The van der Waals surface area contributed by atoms with Gasteiger partial charge < -0.3 is 0 Å². The number of amides is 1. The van der Waals surface area contributed by atoms with E-state index in [1.165, 1.54) is 11.3 Å². The van der Waals surface area contributed by atoms with Crippen LogP contribution >= 0.6 is 11.3 Å². The third-order valence-corrected chi connectivity index (χ3v) is 4.16. The molecule has 1 amide bonds. The van der Waals surface area contributed by atoms with E-state index in [2.05, 4.69) is 27.4 Å². The van der Waals surface area contributed by atoms with Crippen LogP contribution in [0.1, 0.15) is 35.3 Å². The topological polar surface area (TPSA) is 67.8 Å². The Labute approximate surface area is 132 Å². The summed E-state index contributed by atoms with van der Waals surface area (Å²) in [7, 11) is 0. The van der Waals surface area contributed by atoms with Crippen LogP contribution in [-0.4, -0.2) is 21.1 Å². The van der Waals surface area contributed by atoms with Gasteiger partial charge in [0.05, 0.1) is 5.52 Å². The van der Waals surface area contributed by atoms with Gasteiger partial charge in [0.1, 0.15) is 10.7 Å². The maximum absolute atomic E-state index is 12.2. The molecule has 0 aliphatic rings. The highest BCUT2D eigenvalue weighted by Crippen LogP contribution is 2.18. The van der Waals surface area contributed by atoms with Crippen LogP contribution in [0.3, 0.4) is 0 Å². The smallest absolute Gasteiger partial charge is 0.276 e. The molecule has 0 saturated carbocycles. The fourth-order valence-electron chi connectivity index (χ4n) is 2.09. The number of aromatic nitrogens is 3. The standard InChI is InChI=1S/C16H16N4OS/c1-2-3-8-14-19-20-16(22-14)18-15(21)13-10-9-11-6-4-5-7-12(11)17-13/h4-7,9-10H,2-3,8H2,1H3,(H,18,20,21). The number of anilines is 1. The van der Waals surface area contributed by atoms with Crippen molar-refractivity contribution in [1.29, 1.82) is 0 Å². The highest BCUT2D eigenvalue weighted by Gasteiger charge is 2.11. The van der Waals surface area contributed by atoms with Crippen molar-refractivity contribution in [2.45, 2.75) is 26.2 Å². The zero-order valence-electron chi connectivity index (χ0n) is 12.2. The molecule has 1 N–H and O–H groups in total. The second-order valence-electron chi connectivity index (χ2n) is 4.95. The van der Waals surface area contributed by atoms with Crippen molar-refractivity contribution in [3.8, 4) is 0 Å². The van der Waals surface area contributed by atoms with Crippen LogP contribution in [0.15, 0.2) is 36.4 Å². The van der Waals surface area contributed by atoms with Crippen LogP contribution in [0.2, 0.25) is 0 Å². The van der Waals surface area contributed by atoms with Crippen LogP contribution < -0.4 is 5.32 Å². The Morgan fingerprint density at radius 3 is 2.91 bits per heavy atom. The molecule has 0 atom stereocenters. The first-order chi connectivity index (χ1) is 10.8. The van der Waals surface area contributed by atoms with E-state index >= 15 is 0 Å². The molecular formula is C16H16N4OS. The van der Waals surface area contributed by atoms with E-state index in [1.807, 2.05) is 30.3 Å². The summed E-state index contributed by atoms with van der Waals surface area (Å²) in [5.41, 5.74) is 1.18. The SMILES string of the molecule is CCCCc1nnc(NC(=O)c2ccc3ccccc3n2)s1. The molecule has 0 unspecified atom stereocenters. The summed E-state index contributed by atoms with van der Waals surface area (Å²) in [5, 5.41) is 13.3. The van der Waals surface area contributed by atoms with Crippen molar-refractivity contribution in [1.82, 2.24) is 15.2 Å². The minimum Gasteiger partial charge on any atom is -0.295 e. The summed E-state index contributed by atoms with van der Waals surface area (Å²) in [6.45, 7) is 2.13. The molecule has 0 aliphatic carbocycles. The number of rotatable bonds is 5. The molecule has 1 aromatic carbocycles. The van der Waals surface area contributed by atoms with E-state index in [0.717, 1.165) is 35.2 Å². The van der Waals surface area contributed by atoms with Crippen molar-refractivity contribution in [3.05, 3.63) is 47.1 Å². The van der Waals surface area contributed by atoms with Gasteiger partial charge >= 0.3 is 0 Å². The van der Waals surface area contributed by atoms with Crippen LogP contribution in [0.5, 0.6) is 0 Å². The van der Waals surface area contributed by atoms with Gasteiger partial charge in [0.25, 0.3) is 5.91 Å². The summed E-state index contributed by atoms with van der Waals surface area (Å²) in [6, 6.07) is 11.3. The van der Waals surface area contributed by atoms with Gasteiger partial charge in [0.15, 0.2) is 0 Å². The van der Waals surface area contributed by atoms with Gasteiger partial charge in [-0.25, -0.2) is 4.98 Å². The van der Waals surface area contributed by atoms with Gasteiger partial charge in [-0.3, -0.25) is 10.1 Å². The monoisotopic (exact) mass is 312 g/mol. The van der Waals surface area contributed by atoms with Gasteiger partial charge in [-0.05, 0) is 18.6 Å². The third-order valence-electron chi connectivity index (χ3n) is 3.26. The number of pyridine rings is 1. The molecule has 0 aliphatic heterocycles. The number of nitrogens with zero attached hydrogens (tertiary/aromatic N) is 3. The Kier molecular flexibility index (Phi) is 4.39. The number of fused-ring (bicyclic) bond motifs is 1. The van der Waals surface area contributed by atoms with E-state index in [1.54, 1.807) is 6.07 Å². The van der Waals surface area contributed by atoms with Gasteiger partial charge in [-0.2, -0.15) is 0 Å². The van der Waals surface area contributed by atoms with Crippen LogP contribution in [0.25, 0.3) is 10.9 Å². The molecule has 6 heteroatoms. The molecule has 0 radical (unpaired) electrons. The largest absolute Gasteiger partial charge is 0.295 e. The van der Waals surface area contributed by atoms with Gasteiger partial charge in [-0.1, -0.05) is 48.9 Å². The molecule has 3 rings (SSSR count). The molecule has 0 spiro atoms. The van der Waals surface area contributed by atoms with Crippen molar-refractivity contribution in [2.75, 3.05) is 5.32 Å². The Balaban J connectivity index is 1.73. The summed E-state index contributed by atoms with van der Waals surface area (Å²) in [4.78, 5) is 16.6. The molecule has 2 aromatic heterocycles. The zero-order valence-corrected chi connectivity index (χ0v) is 13.1. The second kappa shape index (κ2) is 6.62. The number of hydrogen-bond donors (Lipinski definition) is 1. The summed E-state index contributed by atoms with van der Waals surface area (Å²) in [5.74, 6) is -0.260. The highest BCUT2D eigenvalue weighted by molar-refractivity contribution is 7.15. The second-order valence-corrected chi connectivity index (χ2v) is 6.01. The molecule has 5 nitrogen and oxygen atoms in total. The molecule has 112 valence electrons. The third kappa shape index (κ3) is 3.28. The van der Waals surface area contributed by atoms with Gasteiger partial charge in [-0.15, -0.1) is 10.2 Å². The number of para-hydroxylation sites is 1. The maximum atomic E-state index is 12.2. The number of benzene rings is 1. The van der Waals surface area contributed by atoms with E-state index in [9.17, 15) is 4.79 Å². The predicted octanol–water partition coefficient (Wildman–Crippen LogP) is 3.68. The van der Waals surface area contributed by atoms with Crippen molar-refractivity contribution in [3.63, 3.8) is 0 Å². The van der Waals surface area contributed by atoms with Crippen LogP contribution in [0.4, 0.5) is 5.13 Å². The predicted molar refractivity (Wildman–Crippen MR) is 88.2 cm³/mol. The average molecular weight is 312 g/mol. The fraction of sp³-hybridized carbons (Fsp3) is 0.250. The first kappa shape index (κ1) is 14.6. The van der Waals surface area contributed by atoms with E-state index in [4.69, 9.17) is 0 Å². The molecule has 0 fully saturated rings. The number of unbranched alkanes of at least 4 members (excludes halogenated alkanes) is 1. The molecule has 0 bridgehead atoms. The van der Waals surface area contributed by atoms with Gasteiger partial charge in [0.2, 0.25) is 5.13 Å². The van der Waals surface area contributed by atoms with E-state index < -0.39 is 0 Å². The van der Waals surface area contributed by atoms with E-state index in [0.29, 0.717) is 10.8 Å². The lowest BCUT2D eigenvalue weighted by molar-refractivity contribution is 0.102. The molecule has 22 heavy (non-hydrogen) atoms. The average Bonchev–Trinajstić information content (AvgIpc) is 2.99. The lowest BCUT2D eigenvalue weighted by Gasteiger charge is -2.02. The number of nitrogens with one attached hydrogen (secondary N) is 1. The summed E-state index contributed by atoms with van der Waals surface area (Å²) < 4.78 is 0. The molecule has 3 aromatic rings. The first-order valence-corrected chi connectivity index (χ1v) is 8.07. The molecule has 0 saturated heterocycles. The van der Waals surface area contributed by atoms with Crippen molar-refractivity contribution in [2.24, 2.45) is 0 Å². The van der Waals surface area contributed by atoms with E-state index in [-0.39, 0.29) is 5.91 Å². The normalized spacial score (nSPS) is 10.8. The lowest BCUT2D eigenvalue weighted by atomic mass is 10.2. The van der Waals surface area contributed by atoms with Crippen LogP contribution in [-0.2, 0) is 6.42 Å². The first-order valence-electron chi connectivity index (χ1n) is 7.26. The minimum atomic E-state index is -0.260. The van der Waals surface area contributed by atoms with Crippen molar-refractivity contribution < 1.29 is 4.79 Å². The molecular weight excluding hydrogens is 296 g/mol. The number of carbonyl (C=O) groups excluding carboxylic acids is 1. The number of hydrogen-bond acceptors (Lipinski definition) is 5. The fourth-order valence-corrected chi connectivity index (χ4v) is 2.86. The highest BCUT2D eigenvalue weighted by atomic mass is 32.1. The number of carbonyl (C=O) groups is 1. The number of aryl methyl sites for hydroxylation is 1. The summed E-state index contributed by atoms with van der Waals surface area (Å²) in [6.07, 6.45) is 3.09. The summed E-state index contributed by atoms with van der Waals surface area (Å²) >= 11 is 1.42. The Morgan fingerprint density at radius 1 is 1.18 bits per heavy atom. The quantitative estimate of drug-likeness (QED) is 0.780. The van der Waals surface area contributed by atoms with Gasteiger partial charge in [0, 0.05) is 11.8 Å². The Hall–Kier alpha value is -2.34. The van der Waals surface area contributed by atoms with Crippen molar-refractivity contribution >= 4 is 33.3 Å². The minimum absolute atomic E-state index is 0.260. The Bertz CT molecular complexity index is 799. The van der Waals surface area contributed by atoms with Crippen LogP contribution in [0, 0.1) is 0 Å². The lowest BCUT2D eigenvalue weighted by Crippen LogP contribution is -2.13. The molecule has 2 heterocycles. The maximum Gasteiger partial charge on any atom is 0.276 e.